The first-order chi connectivity index (χ1) is 10.7. The average molecular weight is 294 g/mol. The van der Waals surface area contributed by atoms with Gasteiger partial charge in [0.15, 0.2) is 0 Å². The van der Waals surface area contributed by atoms with Crippen molar-refractivity contribution in [2.75, 3.05) is 19.5 Å². The van der Waals surface area contributed by atoms with E-state index in [0.717, 1.165) is 23.5 Å². The van der Waals surface area contributed by atoms with Crippen LogP contribution in [0.4, 0.5) is 5.69 Å². The Balaban J connectivity index is 1.87. The van der Waals surface area contributed by atoms with Crippen LogP contribution < -0.4 is 10.1 Å². The largest absolute Gasteiger partial charge is 0.497 e. The summed E-state index contributed by atoms with van der Waals surface area (Å²) in [6.45, 7) is 0.747. The van der Waals surface area contributed by atoms with E-state index in [1.807, 2.05) is 54.5 Å². The Morgan fingerprint density at radius 2 is 1.95 bits per heavy atom. The number of ether oxygens (including phenoxy) is 1. The first-order valence-electron chi connectivity index (χ1n) is 7.13. The normalized spacial score (nSPS) is 14.6. The topological polar surface area (TPSA) is 41.6 Å². The molecule has 0 fully saturated rings. The molecule has 2 aromatic carbocycles. The lowest BCUT2D eigenvalue weighted by atomic mass is 10.1. The maximum atomic E-state index is 12.2. The Kier molecular flexibility index (Phi) is 3.83. The van der Waals surface area contributed by atoms with E-state index >= 15 is 0 Å². The van der Waals surface area contributed by atoms with E-state index in [9.17, 15) is 4.79 Å². The van der Waals surface area contributed by atoms with Crippen LogP contribution in [0, 0.1) is 0 Å². The highest BCUT2D eigenvalue weighted by Gasteiger charge is 2.25. The van der Waals surface area contributed by atoms with E-state index in [1.54, 1.807) is 7.11 Å². The third-order valence-electron chi connectivity index (χ3n) is 3.63. The van der Waals surface area contributed by atoms with E-state index in [-0.39, 0.29) is 5.91 Å². The van der Waals surface area contributed by atoms with Crippen molar-refractivity contribution in [1.29, 1.82) is 0 Å². The van der Waals surface area contributed by atoms with Gasteiger partial charge in [0, 0.05) is 31.0 Å². The maximum Gasteiger partial charge on any atom is 0.257 e. The second kappa shape index (κ2) is 5.93. The summed E-state index contributed by atoms with van der Waals surface area (Å²) in [6.07, 6.45) is 1.88. The SMILES string of the molecule is COc1ccc2c(c1)/C(=C\N(C)Cc1ccccc1)C(=O)N2. The molecule has 112 valence electrons. The van der Waals surface area contributed by atoms with Gasteiger partial charge in [0.2, 0.25) is 0 Å². The lowest BCUT2D eigenvalue weighted by Gasteiger charge is -2.15. The summed E-state index contributed by atoms with van der Waals surface area (Å²) < 4.78 is 5.24. The van der Waals surface area contributed by atoms with Crippen LogP contribution in [-0.2, 0) is 11.3 Å². The fourth-order valence-corrected chi connectivity index (χ4v) is 2.56. The number of nitrogens with one attached hydrogen (secondary N) is 1. The Bertz CT molecular complexity index is 723. The lowest BCUT2D eigenvalue weighted by molar-refractivity contribution is -0.110. The molecule has 0 unspecified atom stereocenters. The number of rotatable bonds is 4. The number of fused-ring (bicyclic) bond motifs is 1. The number of carbonyl (C=O) groups is 1. The fourth-order valence-electron chi connectivity index (χ4n) is 2.56. The van der Waals surface area contributed by atoms with Gasteiger partial charge in [-0.1, -0.05) is 30.3 Å². The quantitative estimate of drug-likeness (QED) is 0.881. The standard InChI is InChI=1S/C18H18N2O2/c1-20(11-13-6-4-3-5-7-13)12-16-15-10-14(22-2)8-9-17(15)19-18(16)21/h3-10,12H,11H2,1-2H3,(H,19,21)/b16-12+. The molecular formula is C18H18N2O2. The molecule has 1 amide bonds. The van der Waals surface area contributed by atoms with Crippen molar-refractivity contribution in [2.45, 2.75) is 6.54 Å². The van der Waals surface area contributed by atoms with E-state index in [4.69, 9.17) is 4.74 Å². The highest BCUT2D eigenvalue weighted by atomic mass is 16.5. The zero-order valence-electron chi connectivity index (χ0n) is 12.7. The van der Waals surface area contributed by atoms with E-state index < -0.39 is 0 Å². The van der Waals surface area contributed by atoms with Crippen LogP contribution in [0.2, 0.25) is 0 Å². The van der Waals surface area contributed by atoms with Crippen molar-refractivity contribution in [3.05, 3.63) is 65.9 Å². The number of hydrogen-bond donors (Lipinski definition) is 1. The smallest absolute Gasteiger partial charge is 0.257 e. The first kappa shape index (κ1) is 14.2. The summed E-state index contributed by atoms with van der Waals surface area (Å²) in [7, 11) is 3.59. The number of benzene rings is 2. The minimum absolute atomic E-state index is 0.0804. The van der Waals surface area contributed by atoms with Crippen molar-refractivity contribution in [2.24, 2.45) is 0 Å². The lowest BCUT2D eigenvalue weighted by Crippen LogP contribution is -2.13. The van der Waals surface area contributed by atoms with Gasteiger partial charge in [-0.2, -0.15) is 0 Å². The molecule has 1 aliphatic heterocycles. The number of methoxy groups -OCH3 is 1. The molecule has 0 saturated heterocycles. The van der Waals surface area contributed by atoms with Gasteiger partial charge >= 0.3 is 0 Å². The summed E-state index contributed by atoms with van der Waals surface area (Å²) in [5, 5.41) is 2.88. The second-order valence-electron chi connectivity index (χ2n) is 5.31. The van der Waals surface area contributed by atoms with Crippen LogP contribution in [0.15, 0.2) is 54.7 Å². The fraction of sp³-hybridized carbons (Fsp3) is 0.167. The van der Waals surface area contributed by atoms with Gasteiger partial charge < -0.3 is 15.0 Å². The molecular weight excluding hydrogens is 276 g/mol. The van der Waals surface area contributed by atoms with Crippen LogP contribution in [-0.4, -0.2) is 25.0 Å². The zero-order valence-corrected chi connectivity index (χ0v) is 12.7. The number of nitrogens with zero attached hydrogens (tertiary/aromatic N) is 1. The molecule has 1 aliphatic rings. The predicted octanol–water partition coefficient (Wildman–Crippen LogP) is 3.12. The van der Waals surface area contributed by atoms with Crippen LogP contribution in [0.3, 0.4) is 0 Å². The first-order valence-corrected chi connectivity index (χ1v) is 7.13. The molecule has 1 heterocycles. The van der Waals surface area contributed by atoms with Gasteiger partial charge in [0.05, 0.1) is 12.7 Å². The van der Waals surface area contributed by atoms with Crippen molar-refractivity contribution in [3.8, 4) is 5.75 Å². The van der Waals surface area contributed by atoms with E-state index in [1.165, 1.54) is 5.56 Å². The predicted molar refractivity (Wildman–Crippen MR) is 87.5 cm³/mol. The molecule has 2 aromatic rings. The van der Waals surface area contributed by atoms with Crippen LogP contribution in [0.25, 0.3) is 5.57 Å². The third-order valence-corrected chi connectivity index (χ3v) is 3.63. The Morgan fingerprint density at radius 3 is 2.68 bits per heavy atom. The van der Waals surface area contributed by atoms with Crippen molar-refractivity contribution in [3.63, 3.8) is 0 Å². The monoisotopic (exact) mass is 294 g/mol. The van der Waals surface area contributed by atoms with Crippen LogP contribution in [0.5, 0.6) is 5.75 Å². The minimum Gasteiger partial charge on any atom is -0.497 e. The van der Waals surface area contributed by atoms with Crippen LogP contribution in [0.1, 0.15) is 11.1 Å². The second-order valence-corrected chi connectivity index (χ2v) is 5.31. The molecule has 4 heteroatoms. The third kappa shape index (κ3) is 2.81. The molecule has 0 atom stereocenters. The summed E-state index contributed by atoms with van der Waals surface area (Å²) in [5.41, 5.74) is 3.56. The average Bonchev–Trinajstić information content (AvgIpc) is 2.83. The molecule has 3 rings (SSSR count). The Hall–Kier alpha value is -2.75. The van der Waals surface area contributed by atoms with Gasteiger partial charge in [-0.3, -0.25) is 4.79 Å². The van der Waals surface area contributed by atoms with Gasteiger partial charge in [0.1, 0.15) is 5.75 Å². The molecule has 1 N–H and O–H groups in total. The van der Waals surface area contributed by atoms with Gasteiger partial charge in [-0.25, -0.2) is 0 Å². The summed E-state index contributed by atoms with van der Waals surface area (Å²) >= 11 is 0. The van der Waals surface area contributed by atoms with Gasteiger partial charge in [-0.15, -0.1) is 0 Å². The molecule has 0 bridgehead atoms. The molecule has 0 saturated carbocycles. The highest BCUT2D eigenvalue weighted by molar-refractivity contribution is 6.31. The Labute approximate surface area is 130 Å². The zero-order chi connectivity index (χ0) is 15.5. The molecule has 0 aromatic heterocycles. The van der Waals surface area contributed by atoms with E-state index in [2.05, 4.69) is 17.4 Å². The number of amides is 1. The molecule has 4 nitrogen and oxygen atoms in total. The summed E-state index contributed by atoms with van der Waals surface area (Å²) in [4.78, 5) is 14.2. The maximum absolute atomic E-state index is 12.2. The van der Waals surface area contributed by atoms with Gasteiger partial charge in [0.25, 0.3) is 5.91 Å². The number of carbonyl (C=O) groups excluding carboxylic acids is 1. The minimum atomic E-state index is -0.0804. The highest BCUT2D eigenvalue weighted by Crippen LogP contribution is 2.34. The summed E-state index contributed by atoms with van der Waals surface area (Å²) in [6, 6.07) is 15.8. The van der Waals surface area contributed by atoms with Crippen molar-refractivity contribution < 1.29 is 9.53 Å². The van der Waals surface area contributed by atoms with Crippen molar-refractivity contribution in [1.82, 2.24) is 4.90 Å². The molecule has 0 aliphatic carbocycles. The van der Waals surface area contributed by atoms with Crippen molar-refractivity contribution >= 4 is 17.2 Å². The van der Waals surface area contributed by atoms with E-state index in [0.29, 0.717) is 5.57 Å². The van der Waals surface area contributed by atoms with Crippen LogP contribution >= 0.6 is 0 Å². The number of hydrogen-bond acceptors (Lipinski definition) is 3. The Morgan fingerprint density at radius 1 is 1.18 bits per heavy atom. The molecule has 22 heavy (non-hydrogen) atoms. The number of anilines is 1. The summed E-state index contributed by atoms with van der Waals surface area (Å²) in [5.74, 6) is 0.662. The van der Waals surface area contributed by atoms with Gasteiger partial charge in [-0.05, 0) is 23.8 Å². The molecule has 0 spiro atoms. The molecule has 0 radical (unpaired) electrons.